The lowest BCUT2D eigenvalue weighted by molar-refractivity contribution is -0.169. The molecule has 3 rings (SSSR count). The van der Waals surface area contributed by atoms with Crippen LogP contribution in [0.5, 0.6) is 11.5 Å². The van der Waals surface area contributed by atoms with E-state index in [0.717, 1.165) is 5.56 Å². The van der Waals surface area contributed by atoms with E-state index >= 15 is 0 Å². The van der Waals surface area contributed by atoms with Gasteiger partial charge in [0.25, 0.3) is 5.91 Å². The third kappa shape index (κ3) is 5.08. The van der Waals surface area contributed by atoms with Crippen molar-refractivity contribution >= 4 is 11.9 Å². The monoisotopic (exact) mass is 397 g/mol. The predicted octanol–water partition coefficient (Wildman–Crippen LogP) is 3.59. The number of nitrogens with zero attached hydrogens (tertiary/aromatic N) is 1. The van der Waals surface area contributed by atoms with Gasteiger partial charge in [0.05, 0.1) is 0 Å². The van der Waals surface area contributed by atoms with E-state index < -0.39 is 23.7 Å². The van der Waals surface area contributed by atoms with E-state index in [9.17, 15) is 9.59 Å². The Kier molecular flexibility index (Phi) is 6.11. The van der Waals surface area contributed by atoms with Crippen molar-refractivity contribution in [2.45, 2.75) is 52.0 Å². The quantitative estimate of drug-likeness (QED) is 0.722. The molecule has 0 aromatic heterocycles. The number of ether oxygens (including phenoxy) is 3. The van der Waals surface area contributed by atoms with Gasteiger partial charge in [-0.3, -0.25) is 4.79 Å². The minimum atomic E-state index is -0.939. The maximum Gasteiger partial charge on any atom is 0.351 e. The van der Waals surface area contributed by atoms with E-state index in [1.165, 1.54) is 0 Å². The van der Waals surface area contributed by atoms with Crippen molar-refractivity contribution in [2.24, 2.45) is 0 Å². The zero-order chi connectivity index (χ0) is 21.0. The van der Waals surface area contributed by atoms with Crippen LogP contribution in [-0.2, 0) is 20.9 Å². The summed E-state index contributed by atoms with van der Waals surface area (Å²) in [5, 5.41) is 0. The lowest BCUT2D eigenvalue weighted by atomic mass is 10.0. The van der Waals surface area contributed by atoms with Crippen molar-refractivity contribution in [3.8, 4) is 11.5 Å². The van der Waals surface area contributed by atoms with Gasteiger partial charge in [-0.2, -0.15) is 0 Å². The average Bonchev–Trinajstić information content (AvgIpc) is 2.71. The van der Waals surface area contributed by atoms with Gasteiger partial charge in [0, 0.05) is 12.1 Å². The van der Waals surface area contributed by atoms with E-state index in [0.29, 0.717) is 18.0 Å². The molecule has 2 aromatic carbocycles. The summed E-state index contributed by atoms with van der Waals surface area (Å²) >= 11 is 0. The van der Waals surface area contributed by atoms with Gasteiger partial charge in [0.2, 0.25) is 6.10 Å². The summed E-state index contributed by atoms with van der Waals surface area (Å²) in [6.45, 7) is 7.93. The number of benzene rings is 2. The van der Waals surface area contributed by atoms with Gasteiger partial charge < -0.3 is 19.1 Å². The lowest BCUT2D eigenvalue weighted by Crippen LogP contribution is -2.50. The molecule has 0 unspecified atom stereocenters. The van der Waals surface area contributed by atoms with Crippen LogP contribution < -0.4 is 9.47 Å². The normalized spacial score (nSPS) is 16.6. The van der Waals surface area contributed by atoms with Crippen LogP contribution in [0.3, 0.4) is 0 Å². The molecule has 0 fully saturated rings. The number of amides is 1. The summed E-state index contributed by atoms with van der Waals surface area (Å²) in [4.78, 5) is 27.4. The fourth-order valence-corrected chi connectivity index (χ4v) is 3.07. The van der Waals surface area contributed by atoms with Crippen LogP contribution in [0.4, 0.5) is 0 Å². The Bertz CT molecular complexity index is 859. The topological polar surface area (TPSA) is 65.1 Å². The van der Waals surface area contributed by atoms with Gasteiger partial charge >= 0.3 is 5.97 Å². The SMILES string of the molecule is C[C@@H](OC(=O)[C@H]1COc2ccccc2O1)C(=O)N(Cc1ccccc1)C(C)(C)C. The summed E-state index contributed by atoms with van der Waals surface area (Å²) in [5.41, 5.74) is 0.576. The Morgan fingerprint density at radius 3 is 2.34 bits per heavy atom. The molecule has 0 saturated carbocycles. The Hall–Kier alpha value is -3.02. The Balaban J connectivity index is 1.65. The number of hydrogen-bond acceptors (Lipinski definition) is 5. The van der Waals surface area contributed by atoms with Gasteiger partial charge in [0.15, 0.2) is 17.6 Å². The molecule has 1 heterocycles. The van der Waals surface area contributed by atoms with Crippen LogP contribution in [0.2, 0.25) is 0 Å². The molecule has 6 nitrogen and oxygen atoms in total. The maximum atomic E-state index is 13.1. The Morgan fingerprint density at radius 2 is 1.69 bits per heavy atom. The molecule has 0 radical (unpaired) electrons. The second kappa shape index (κ2) is 8.55. The largest absolute Gasteiger partial charge is 0.485 e. The van der Waals surface area contributed by atoms with E-state index in [1.807, 2.05) is 57.2 Å². The first-order chi connectivity index (χ1) is 13.8. The molecule has 29 heavy (non-hydrogen) atoms. The first-order valence-electron chi connectivity index (χ1n) is 9.70. The van der Waals surface area contributed by atoms with Gasteiger partial charge in [-0.1, -0.05) is 42.5 Å². The van der Waals surface area contributed by atoms with E-state index in [1.54, 1.807) is 30.0 Å². The van der Waals surface area contributed by atoms with Gasteiger partial charge in [-0.15, -0.1) is 0 Å². The van der Waals surface area contributed by atoms with E-state index in [4.69, 9.17) is 14.2 Å². The number of esters is 1. The lowest BCUT2D eigenvalue weighted by Gasteiger charge is -2.37. The predicted molar refractivity (Wildman–Crippen MR) is 109 cm³/mol. The molecular weight excluding hydrogens is 370 g/mol. The molecule has 0 aliphatic carbocycles. The van der Waals surface area contributed by atoms with Crippen LogP contribution in [0.1, 0.15) is 33.3 Å². The van der Waals surface area contributed by atoms with Crippen molar-refractivity contribution in [1.82, 2.24) is 4.90 Å². The van der Waals surface area contributed by atoms with Gasteiger partial charge in [0.1, 0.15) is 6.61 Å². The van der Waals surface area contributed by atoms with Gasteiger partial charge in [-0.05, 0) is 45.4 Å². The summed E-state index contributed by atoms with van der Waals surface area (Å²) < 4.78 is 16.7. The highest BCUT2D eigenvalue weighted by Crippen LogP contribution is 2.31. The van der Waals surface area contributed by atoms with Crippen LogP contribution in [0, 0.1) is 0 Å². The minimum absolute atomic E-state index is 0.0454. The fourth-order valence-electron chi connectivity index (χ4n) is 3.07. The summed E-state index contributed by atoms with van der Waals surface area (Å²) in [5.74, 6) is 0.197. The molecule has 2 atom stereocenters. The molecule has 0 bridgehead atoms. The fraction of sp³-hybridized carbons (Fsp3) is 0.391. The Labute approximate surface area is 171 Å². The first kappa shape index (κ1) is 20.7. The number of rotatable bonds is 5. The summed E-state index contributed by atoms with van der Waals surface area (Å²) in [7, 11) is 0. The smallest absolute Gasteiger partial charge is 0.351 e. The highest BCUT2D eigenvalue weighted by Gasteiger charge is 2.35. The van der Waals surface area contributed by atoms with Crippen molar-refractivity contribution in [3.05, 3.63) is 60.2 Å². The molecule has 154 valence electrons. The van der Waals surface area contributed by atoms with Gasteiger partial charge in [-0.25, -0.2) is 4.79 Å². The second-order valence-corrected chi connectivity index (χ2v) is 8.02. The summed E-state index contributed by atoms with van der Waals surface area (Å²) in [6.07, 6.45) is -1.84. The van der Waals surface area contributed by atoms with E-state index in [-0.39, 0.29) is 12.5 Å². The maximum absolute atomic E-state index is 13.1. The third-order valence-electron chi connectivity index (χ3n) is 4.67. The Morgan fingerprint density at radius 1 is 1.07 bits per heavy atom. The number of carbonyl (C=O) groups excluding carboxylic acids is 2. The third-order valence-corrected chi connectivity index (χ3v) is 4.67. The zero-order valence-electron chi connectivity index (χ0n) is 17.3. The molecule has 1 aliphatic heterocycles. The van der Waals surface area contributed by atoms with Crippen molar-refractivity contribution < 1.29 is 23.8 Å². The van der Waals surface area contributed by atoms with Crippen LogP contribution in [0.15, 0.2) is 54.6 Å². The van der Waals surface area contributed by atoms with Crippen molar-refractivity contribution in [3.63, 3.8) is 0 Å². The van der Waals surface area contributed by atoms with Crippen LogP contribution >= 0.6 is 0 Å². The van der Waals surface area contributed by atoms with Crippen LogP contribution in [-0.4, -0.2) is 41.1 Å². The van der Waals surface area contributed by atoms with Crippen molar-refractivity contribution in [2.75, 3.05) is 6.61 Å². The first-order valence-corrected chi connectivity index (χ1v) is 9.70. The summed E-state index contributed by atoms with van der Waals surface area (Å²) in [6, 6.07) is 16.9. The van der Waals surface area contributed by atoms with Crippen molar-refractivity contribution in [1.29, 1.82) is 0 Å². The zero-order valence-corrected chi connectivity index (χ0v) is 17.3. The molecule has 6 heteroatoms. The second-order valence-electron chi connectivity index (χ2n) is 8.02. The number of carbonyl (C=O) groups is 2. The highest BCUT2D eigenvalue weighted by atomic mass is 16.6. The molecule has 0 N–H and O–H groups in total. The van der Waals surface area contributed by atoms with Crippen LogP contribution in [0.25, 0.3) is 0 Å². The molecule has 0 spiro atoms. The number of fused-ring (bicyclic) bond motifs is 1. The minimum Gasteiger partial charge on any atom is -0.485 e. The molecule has 1 amide bonds. The molecular formula is C23H27NO5. The molecule has 1 aliphatic rings. The number of hydrogen-bond donors (Lipinski definition) is 0. The number of para-hydroxylation sites is 2. The standard InChI is InChI=1S/C23H27NO5/c1-16(21(25)24(23(2,3)4)14-17-10-6-5-7-11-17)28-22(26)20-15-27-18-12-8-9-13-19(18)29-20/h5-13,16,20H,14-15H2,1-4H3/t16-,20-/m1/s1. The van der Waals surface area contributed by atoms with E-state index in [2.05, 4.69) is 0 Å². The molecule has 2 aromatic rings. The highest BCUT2D eigenvalue weighted by molar-refractivity contribution is 5.85. The average molecular weight is 397 g/mol. The molecule has 0 saturated heterocycles.